The Morgan fingerprint density at radius 2 is 1.84 bits per heavy atom. The first-order valence-electron chi connectivity index (χ1n) is 13.0. The number of benzene rings is 2. The van der Waals surface area contributed by atoms with Crippen LogP contribution < -0.4 is 15.0 Å². The second-order valence-electron chi connectivity index (χ2n) is 9.57. The topological polar surface area (TPSA) is 91.4 Å². The number of hydrogen-bond acceptors (Lipinski definition) is 5. The molecule has 0 aliphatic carbocycles. The zero-order valence-electron chi connectivity index (χ0n) is 22.1. The molecule has 0 saturated carbocycles. The van der Waals surface area contributed by atoms with Crippen molar-refractivity contribution in [1.82, 2.24) is 15.1 Å². The van der Waals surface area contributed by atoms with E-state index in [0.29, 0.717) is 42.6 Å². The fourth-order valence-corrected chi connectivity index (χ4v) is 5.20. The van der Waals surface area contributed by atoms with Crippen molar-refractivity contribution < 1.29 is 23.9 Å². The Balaban J connectivity index is 1.47. The molecule has 0 radical (unpaired) electrons. The molecule has 1 N–H and O–H groups in total. The fourth-order valence-electron chi connectivity index (χ4n) is 4.95. The summed E-state index contributed by atoms with van der Waals surface area (Å²) < 4.78 is 10.9. The molecule has 204 valence electrons. The van der Waals surface area contributed by atoms with Crippen LogP contribution in [0.5, 0.6) is 5.75 Å². The van der Waals surface area contributed by atoms with E-state index in [1.807, 2.05) is 38.1 Å². The number of carbonyl (C=O) groups excluding carboxylic acids is 3. The summed E-state index contributed by atoms with van der Waals surface area (Å²) in [7, 11) is 1.68. The van der Waals surface area contributed by atoms with Gasteiger partial charge in [0.1, 0.15) is 5.75 Å². The second kappa shape index (κ2) is 12.5. The fraction of sp³-hybridized carbons (Fsp3) is 0.464. The van der Waals surface area contributed by atoms with E-state index in [4.69, 9.17) is 21.1 Å². The van der Waals surface area contributed by atoms with Gasteiger partial charge in [-0.2, -0.15) is 0 Å². The zero-order valence-corrected chi connectivity index (χ0v) is 22.9. The normalized spacial score (nSPS) is 18.0. The third-order valence-corrected chi connectivity index (χ3v) is 7.42. The Bertz CT molecular complexity index is 1170. The van der Waals surface area contributed by atoms with Crippen LogP contribution in [0.4, 0.5) is 10.5 Å². The van der Waals surface area contributed by atoms with Gasteiger partial charge in [0.25, 0.3) is 5.91 Å². The summed E-state index contributed by atoms with van der Waals surface area (Å²) in [5.41, 5.74) is 1.91. The number of rotatable bonds is 6. The number of ether oxygens (including phenoxy) is 2. The van der Waals surface area contributed by atoms with E-state index in [0.717, 1.165) is 24.1 Å². The van der Waals surface area contributed by atoms with Crippen LogP contribution in [0.1, 0.15) is 42.6 Å². The molecule has 0 bridgehead atoms. The summed E-state index contributed by atoms with van der Waals surface area (Å²) in [6, 6.07) is 11.9. The van der Waals surface area contributed by atoms with Gasteiger partial charge < -0.3 is 29.5 Å². The maximum absolute atomic E-state index is 13.7. The molecule has 9 nitrogen and oxygen atoms in total. The van der Waals surface area contributed by atoms with Crippen LogP contribution in [0.15, 0.2) is 42.5 Å². The minimum Gasteiger partial charge on any atom is -0.494 e. The Morgan fingerprint density at radius 1 is 1.11 bits per heavy atom. The number of methoxy groups -OCH3 is 1. The molecular formula is C28H35ClN4O5. The molecule has 4 rings (SSSR count). The first kappa shape index (κ1) is 27.7. The molecule has 2 aromatic carbocycles. The average Bonchev–Trinajstić information content (AvgIpc) is 3.08. The quantitative estimate of drug-likeness (QED) is 0.597. The Kier molecular flexibility index (Phi) is 9.12. The lowest BCUT2D eigenvalue weighted by atomic mass is 10.1. The van der Waals surface area contributed by atoms with Crippen LogP contribution in [0.25, 0.3) is 0 Å². The number of nitrogens with zero attached hydrogens (tertiary/aromatic N) is 3. The minimum atomic E-state index is -0.346. The van der Waals surface area contributed by atoms with Gasteiger partial charge in [-0.15, -0.1) is 0 Å². The number of hydrogen-bond donors (Lipinski definition) is 1. The van der Waals surface area contributed by atoms with Crippen molar-refractivity contribution >= 4 is 35.1 Å². The van der Waals surface area contributed by atoms with Gasteiger partial charge in [-0.05, 0) is 56.5 Å². The first-order chi connectivity index (χ1) is 18.3. The number of para-hydroxylation sites is 1. The molecular weight excluding hydrogens is 508 g/mol. The number of amides is 4. The van der Waals surface area contributed by atoms with E-state index in [2.05, 4.69) is 5.32 Å². The van der Waals surface area contributed by atoms with Crippen molar-refractivity contribution in [3.63, 3.8) is 0 Å². The van der Waals surface area contributed by atoms with E-state index < -0.39 is 0 Å². The van der Waals surface area contributed by atoms with Crippen LogP contribution in [0, 0.1) is 0 Å². The number of likely N-dealkylation sites (tertiary alicyclic amines) is 1. The lowest BCUT2D eigenvalue weighted by Gasteiger charge is -2.32. The molecule has 10 heteroatoms. The van der Waals surface area contributed by atoms with Crippen molar-refractivity contribution in [2.45, 2.75) is 45.4 Å². The lowest BCUT2D eigenvalue weighted by Crippen LogP contribution is -2.51. The van der Waals surface area contributed by atoms with Crippen molar-refractivity contribution in [2.75, 3.05) is 44.8 Å². The van der Waals surface area contributed by atoms with Crippen LogP contribution in [0.2, 0.25) is 5.02 Å². The third-order valence-electron chi connectivity index (χ3n) is 7.11. The van der Waals surface area contributed by atoms with E-state index in [1.54, 1.807) is 40.0 Å². The molecule has 2 aliphatic rings. The number of halogens is 1. The predicted molar refractivity (Wildman–Crippen MR) is 146 cm³/mol. The molecule has 4 amide bonds. The molecule has 1 atom stereocenters. The van der Waals surface area contributed by atoms with Crippen molar-refractivity contribution in [3.05, 3.63) is 58.6 Å². The summed E-state index contributed by atoms with van der Waals surface area (Å²) in [4.78, 5) is 44.7. The van der Waals surface area contributed by atoms with Gasteiger partial charge in [-0.25, -0.2) is 4.79 Å². The van der Waals surface area contributed by atoms with Crippen LogP contribution >= 0.6 is 11.6 Å². The number of urea groups is 1. The molecule has 1 fully saturated rings. The average molecular weight is 543 g/mol. The highest BCUT2D eigenvalue weighted by Crippen LogP contribution is 2.31. The SMILES string of the molecule is CCOc1ccc(C(=O)N2C[C@@H](C)N(C(=O)NCC(=O)N3CCC(OC)CC3)Cc3ccccc32)c(Cl)c1. The number of piperidine rings is 1. The molecule has 2 aromatic rings. The smallest absolute Gasteiger partial charge is 0.318 e. The Hall–Kier alpha value is -3.30. The predicted octanol–water partition coefficient (Wildman–Crippen LogP) is 3.94. The molecule has 38 heavy (non-hydrogen) atoms. The number of nitrogens with one attached hydrogen (secondary N) is 1. The number of fused-ring (bicyclic) bond motifs is 1. The molecule has 1 saturated heterocycles. The molecule has 0 spiro atoms. The molecule has 0 aromatic heterocycles. The van der Waals surface area contributed by atoms with Crippen molar-refractivity contribution in [2.24, 2.45) is 0 Å². The summed E-state index contributed by atoms with van der Waals surface area (Å²) in [5, 5.41) is 3.10. The maximum atomic E-state index is 13.7. The van der Waals surface area contributed by atoms with Crippen LogP contribution in [-0.2, 0) is 16.1 Å². The minimum absolute atomic E-state index is 0.0776. The number of carbonyl (C=O) groups is 3. The van der Waals surface area contributed by atoms with Gasteiger partial charge in [0.05, 0.1) is 29.8 Å². The standard InChI is InChI=1S/C28H35ClN4O5/c1-4-38-22-9-10-23(24(29)15-22)27(35)33-17-19(2)32(18-20-7-5-6-8-25(20)33)28(36)30-16-26(34)31-13-11-21(37-3)12-14-31/h5-10,15,19,21H,4,11-14,16-18H2,1-3H3,(H,30,36)/t19-/m1/s1. The molecule has 0 unspecified atom stereocenters. The molecule has 2 aliphatic heterocycles. The first-order valence-corrected chi connectivity index (χ1v) is 13.4. The van der Waals surface area contributed by atoms with Gasteiger partial charge >= 0.3 is 6.03 Å². The van der Waals surface area contributed by atoms with Gasteiger partial charge in [0.15, 0.2) is 0 Å². The Labute approximate surface area is 228 Å². The van der Waals surface area contributed by atoms with E-state index in [9.17, 15) is 14.4 Å². The van der Waals surface area contributed by atoms with E-state index >= 15 is 0 Å². The number of anilines is 1. The second-order valence-corrected chi connectivity index (χ2v) is 9.98. The van der Waals surface area contributed by atoms with Gasteiger partial charge in [-0.1, -0.05) is 29.8 Å². The van der Waals surface area contributed by atoms with Gasteiger partial charge in [0, 0.05) is 45.0 Å². The summed E-state index contributed by atoms with van der Waals surface area (Å²) in [6.07, 6.45) is 1.76. The highest BCUT2D eigenvalue weighted by molar-refractivity contribution is 6.34. The van der Waals surface area contributed by atoms with Crippen molar-refractivity contribution in [1.29, 1.82) is 0 Å². The van der Waals surface area contributed by atoms with Crippen molar-refractivity contribution in [3.8, 4) is 5.75 Å². The van der Waals surface area contributed by atoms with Gasteiger partial charge in [-0.3, -0.25) is 9.59 Å². The van der Waals surface area contributed by atoms with E-state index in [-0.39, 0.29) is 43.1 Å². The highest BCUT2D eigenvalue weighted by atomic mass is 35.5. The lowest BCUT2D eigenvalue weighted by molar-refractivity contribution is -0.132. The molecule has 2 heterocycles. The van der Waals surface area contributed by atoms with Gasteiger partial charge in [0.2, 0.25) is 5.91 Å². The Morgan fingerprint density at radius 3 is 2.53 bits per heavy atom. The van der Waals surface area contributed by atoms with Crippen LogP contribution in [0.3, 0.4) is 0 Å². The monoisotopic (exact) mass is 542 g/mol. The maximum Gasteiger partial charge on any atom is 0.318 e. The largest absolute Gasteiger partial charge is 0.494 e. The zero-order chi connectivity index (χ0) is 27.2. The van der Waals surface area contributed by atoms with Crippen LogP contribution in [-0.4, -0.2) is 79.7 Å². The summed E-state index contributed by atoms with van der Waals surface area (Å²) in [6.45, 7) is 6.00. The summed E-state index contributed by atoms with van der Waals surface area (Å²) in [5.74, 6) is 0.228. The van der Waals surface area contributed by atoms with E-state index in [1.165, 1.54) is 0 Å². The third kappa shape index (κ3) is 6.22. The highest BCUT2D eigenvalue weighted by Gasteiger charge is 2.32. The summed E-state index contributed by atoms with van der Waals surface area (Å²) >= 11 is 6.47.